The summed E-state index contributed by atoms with van der Waals surface area (Å²) < 4.78 is 2.01. The fourth-order valence-electron chi connectivity index (χ4n) is 2.27. The van der Waals surface area contributed by atoms with Crippen molar-refractivity contribution in [1.29, 1.82) is 0 Å². The molecule has 3 N–H and O–H groups in total. The standard InChI is InChI=1S/C18H26N4O/c1-4-19-18(20-11-15-9-10-22(3)13-15)21-12-17(23)16-7-5-14(2)6-8-16/h5-10,13,17,23H,4,11-12H2,1-3H3,(H2,19,20,21). The summed E-state index contributed by atoms with van der Waals surface area (Å²) in [5.41, 5.74) is 3.25. The van der Waals surface area contributed by atoms with Gasteiger partial charge in [0.25, 0.3) is 0 Å². The SMILES string of the molecule is CCNC(=NCc1ccn(C)c1)NCC(O)c1ccc(C)cc1. The Morgan fingerprint density at radius 1 is 1.22 bits per heavy atom. The van der Waals surface area contributed by atoms with Gasteiger partial charge < -0.3 is 20.3 Å². The number of hydrogen-bond acceptors (Lipinski definition) is 2. The van der Waals surface area contributed by atoms with Crippen molar-refractivity contribution in [2.24, 2.45) is 12.0 Å². The van der Waals surface area contributed by atoms with Crippen molar-refractivity contribution < 1.29 is 5.11 Å². The van der Waals surface area contributed by atoms with Gasteiger partial charge in [-0.2, -0.15) is 0 Å². The number of rotatable bonds is 6. The van der Waals surface area contributed by atoms with E-state index in [-0.39, 0.29) is 0 Å². The molecule has 124 valence electrons. The van der Waals surface area contributed by atoms with Gasteiger partial charge in [0.15, 0.2) is 5.96 Å². The van der Waals surface area contributed by atoms with Crippen LogP contribution in [0.15, 0.2) is 47.7 Å². The summed E-state index contributed by atoms with van der Waals surface area (Å²) in [4.78, 5) is 4.55. The summed E-state index contributed by atoms with van der Waals surface area (Å²) >= 11 is 0. The Labute approximate surface area is 138 Å². The van der Waals surface area contributed by atoms with Crippen molar-refractivity contribution in [3.05, 3.63) is 59.4 Å². The smallest absolute Gasteiger partial charge is 0.191 e. The van der Waals surface area contributed by atoms with E-state index in [4.69, 9.17) is 0 Å². The highest BCUT2D eigenvalue weighted by Crippen LogP contribution is 2.12. The van der Waals surface area contributed by atoms with Gasteiger partial charge >= 0.3 is 0 Å². The summed E-state index contributed by atoms with van der Waals surface area (Å²) in [6.45, 7) is 5.87. The Hall–Kier alpha value is -2.27. The first-order valence-corrected chi connectivity index (χ1v) is 7.96. The number of guanidine groups is 1. The number of aliphatic imine (C=N–C) groups is 1. The molecule has 1 unspecified atom stereocenters. The van der Waals surface area contributed by atoms with Gasteiger partial charge in [-0.25, -0.2) is 4.99 Å². The first-order valence-electron chi connectivity index (χ1n) is 7.96. The lowest BCUT2D eigenvalue weighted by molar-refractivity contribution is 0.181. The minimum atomic E-state index is -0.559. The average Bonchev–Trinajstić information content (AvgIpc) is 2.96. The fourth-order valence-corrected chi connectivity index (χ4v) is 2.27. The molecule has 2 rings (SSSR count). The Balaban J connectivity index is 1.91. The third kappa shape index (κ3) is 5.45. The lowest BCUT2D eigenvalue weighted by Crippen LogP contribution is -2.39. The maximum atomic E-state index is 10.3. The molecule has 0 fully saturated rings. The molecular formula is C18H26N4O. The predicted molar refractivity (Wildman–Crippen MR) is 94.4 cm³/mol. The maximum Gasteiger partial charge on any atom is 0.191 e. The van der Waals surface area contributed by atoms with E-state index in [9.17, 15) is 5.11 Å². The number of benzene rings is 1. The molecule has 0 saturated carbocycles. The number of nitrogens with zero attached hydrogens (tertiary/aromatic N) is 2. The topological polar surface area (TPSA) is 61.6 Å². The van der Waals surface area contributed by atoms with Crippen LogP contribution in [0.25, 0.3) is 0 Å². The quantitative estimate of drug-likeness (QED) is 0.565. The zero-order chi connectivity index (χ0) is 16.7. The van der Waals surface area contributed by atoms with E-state index < -0.39 is 6.10 Å². The van der Waals surface area contributed by atoms with Crippen LogP contribution < -0.4 is 10.6 Å². The minimum Gasteiger partial charge on any atom is -0.387 e. The second-order valence-electron chi connectivity index (χ2n) is 5.69. The van der Waals surface area contributed by atoms with Crippen LogP contribution >= 0.6 is 0 Å². The van der Waals surface area contributed by atoms with E-state index in [2.05, 4.69) is 15.6 Å². The lowest BCUT2D eigenvalue weighted by Gasteiger charge is -2.15. The van der Waals surface area contributed by atoms with Crippen LogP contribution in [0.5, 0.6) is 0 Å². The highest BCUT2D eigenvalue weighted by atomic mass is 16.3. The molecule has 5 nitrogen and oxygen atoms in total. The Morgan fingerprint density at radius 3 is 2.57 bits per heavy atom. The first kappa shape index (κ1) is 17.1. The second-order valence-corrected chi connectivity index (χ2v) is 5.69. The van der Waals surface area contributed by atoms with Gasteiger partial charge in [-0.3, -0.25) is 0 Å². The molecule has 0 spiro atoms. The molecule has 0 radical (unpaired) electrons. The summed E-state index contributed by atoms with van der Waals surface area (Å²) in [5, 5.41) is 16.7. The van der Waals surface area contributed by atoms with Crippen LogP contribution in [0.3, 0.4) is 0 Å². The van der Waals surface area contributed by atoms with Crippen molar-refractivity contribution in [3.63, 3.8) is 0 Å². The Morgan fingerprint density at radius 2 is 1.96 bits per heavy atom. The van der Waals surface area contributed by atoms with Crippen molar-refractivity contribution >= 4 is 5.96 Å². The fraction of sp³-hybridized carbons (Fsp3) is 0.389. The van der Waals surface area contributed by atoms with Crippen molar-refractivity contribution in [1.82, 2.24) is 15.2 Å². The monoisotopic (exact) mass is 314 g/mol. The molecule has 0 aliphatic heterocycles. The van der Waals surface area contributed by atoms with E-state index >= 15 is 0 Å². The van der Waals surface area contributed by atoms with E-state index in [1.165, 1.54) is 5.56 Å². The Bertz CT molecular complexity index is 631. The van der Waals surface area contributed by atoms with E-state index in [1.54, 1.807) is 0 Å². The zero-order valence-electron chi connectivity index (χ0n) is 14.1. The van der Waals surface area contributed by atoms with Crippen LogP contribution in [-0.4, -0.2) is 28.7 Å². The number of nitrogens with one attached hydrogen (secondary N) is 2. The number of aryl methyl sites for hydroxylation is 2. The molecule has 0 aliphatic carbocycles. The summed E-state index contributed by atoms with van der Waals surface area (Å²) in [6.07, 6.45) is 3.50. The van der Waals surface area contributed by atoms with Crippen LogP contribution in [0.4, 0.5) is 0 Å². The van der Waals surface area contributed by atoms with Gasteiger partial charge in [-0.15, -0.1) is 0 Å². The average molecular weight is 314 g/mol. The summed E-state index contributed by atoms with van der Waals surface area (Å²) in [6, 6.07) is 9.97. The van der Waals surface area contributed by atoms with Gasteiger partial charge in [0.1, 0.15) is 0 Å². The molecular weight excluding hydrogens is 288 g/mol. The van der Waals surface area contributed by atoms with Crippen LogP contribution in [-0.2, 0) is 13.6 Å². The molecule has 1 aromatic heterocycles. The molecule has 1 heterocycles. The number of hydrogen-bond donors (Lipinski definition) is 3. The third-order valence-electron chi connectivity index (χ3n) is 3.58. The highest BCUT2D eigenvalue weighted by Gasteiger charge is 2.08. The minimum absolute atomic E-state index is 0.420. The number of aliphatic hydroxyl groups is 1. The van der Waals surface area contributed by atoms with E-state index in [0.717, 1.165) is 17.7 Å². The van der Waals surface area contributed by atoms with Gasteiger partial charge in [0.2, 0.25) is 0 Å². The van der Waals surface area contributed by atoms with Crippen LogP contribution in [0, 0.1) is 6.92 Å². The van der Waals surface area contributed by atoms with Gasteiger partial charge in [-0.05, 0) is 31.0 Å². The molecule has 1 aromatic carbocycles. The number of aromatic nitrogens is 1. The predicted octanol–water partition coefficient (Wildman–Crippen LogP) is 2.12. The molecule has 1 atom stereocenters. The zero-order valence-corrected chi connectivity index (χ0v) is 14.1. The van der Waals surface area contributed by atoms with Gasteiger partial charge in [0, 0.05) is 32.5 Å². The lowest BCUT2D eigenvalue weighted by atomic mass is 10.1. The third-order valence-corrected chi connectivity index (χ3v) is 3.58. The van der Waals surface area contributed by atoms with Crippen LogP contribution in [0.1, 0.15) is 29.7 Å². The highest BCUT2D eigenvalue weighted by molar-refractivity contribution is 5.79. The molecule has 23 heavy (non-hydrogen) atoms. The molecule has 0 bridgehead atoms. The number of aliphatic hydroxyl groups excluding tert-OH is 1. The normalized spacial score (nSPS) is 13.0. The van der Waals surface area contributed by atoms with Crippen molar-refractivity contribution in [3.8, 4) is 0 Å². The largest absolute Gasteiger partial charge is 0.387 e. The maximum absolute atomic E-state index is 10.3. The molecule has 0 aliphatic rings. The molecule has 0 saturated heterocycles. The van der Waals surface area contributed by atoms with E-state index in [1.807, 2.05) is 68.2 Å². The van der Waals surface area contributed by atoms with Crippen molar-refractivity contribution in [2.75, 3.05) is 13.1 Å². The second kappa shape index (κ2) is 8.39. The first-order chi connectivity index (χ1) is 11.1. The summed E-state index contributed by atoms with van der Waals surface area (Å²) in [7, 11) is 1.99. The molecule has 2 aromatic rings. The van der Waals surface area contributed by atoms with Gasteiger partial charge in [0.05, 0.1) is 12.6 Å². The van der Waals surface area contributed by atoms with Crippen LogP contribution in [0.2, 0.25) is 0 Å². The molecule has 5 heteroatoms. The molecule has 0 amide bonds. The Kier molecular flexibility index (Phi) is 6.23. The van der Waals surface area contributed by atoms with Gasteiger partial charge in [-0.1, -0.05) is 29.8 Å². The van der Waals surface area contributed by atoms with E-state index in [0.29, 0.717) is 19.0 Å². The summed E-state index contributed by atoms with van der Waals surface area (Å²) in [5.74, 6) is 0.711. The van der Waals surface area contributed by atoms with Crippen molar-refractivity contribution in [2.45, 2.75) is 26.5 Å².